The molecule has 0 spiro atoms. The van der Waals surface area contributed by atoms with E-state index in [9.17, 15) is 23.2 Å². The summed E-state index contributed by atoms with van der Waals surface area (Å²) in [6.45, 7) is 4.99. The highest BCUT2D eigenvalue weighted by molar-refractivity contribution is 8.01. The van der Waals surface area contributed by atoms with Gasteiger partial charge in [0.2, 0.25) is 11.8 Å². The van der Waals surface area contributed by atoms with Crippen molar-refractivity contribution in [3.05, 3.63) is 59.7 Å². The van der Waals surface area contributed by atoms with Crippen LogP contribution >= 0.6 is 11.8 Å². The van der Waals surface area contributed by atoms with Crippen LogP contribution in [0.4, 0.5) is 20.2 Å². The largest absolute Gasteiger partial charge is 0.366 e. The SMILES string of the molecule is CC(=O)c1ccc(N2CCN(C(=O)C(C)SCC(=O)Nc3ccc(F)cc3)CC2)c(F)c1. The number of amides is 2. The molecule has 1 aliphatic rings. The molecule has 9 heteroatoms. The van der Waals surface area contributed by atoms with Crippen LogP contribution < -0.4 is 10.2 Å². The minimum atomic E-state index is -0.450. The minimum Gasteiger partial charge on any atom is -0.366 e. The van der Waals surface area contributed by atoms with E-state index in [1.54, 1.807) is 24.0 Å². The zero-order valence-electron chi connectivity index (χ0n) is 17.9. The van der Waals surface area contributed by atoms with Crippen molar-refractivity contribution in [1.82, 2.24) is 4.90 Å². The van der Waals surface area contributed by atoms with Gasteiger partial charge >= 0.3 is 0 Å². The first-order valence-corrected chi connectivity index (χ1v) is 11.3. The fraction of sp³-hybridized carbons (Fsp3) is 0.348. The Morgan fingerprint density at radius 3 is 2.28 bits per heavy atom. The number of piperazine rings is 1. The Balaban J connectivity index is 1.46. The van der Waals surface area contributed by atoms with Crippen LogP contribution in [0.5, 0.6) is 0 Å². The van der Waals surface area contributed by atoms with Gasteiger partial charge in [-0.15, -0.1) is 11.8 Å². The third-order valence-corrected chi connectivity index (χ3v) is 6.36. The Morgan fingerprint density at radius 1 is 1.03 bits per heavy atom. The second-order valence-corrected chi connectivity index (χ2v) is 8.87. The molecule has 1 heterocycles. The van der Waals surface area contributed by atoms with E-state index < -0.39 is 11.1 Å². The van der Waals surface area contributed by atoms with Gasteiger partial charge in [0.25, 0.3) is 0 Å². The summed E-state index contributed by atoms with van der Waals surface area (Å²) in [6.07, 6.45) is 0. The van der Waals surface area contributed by atoms with Crippen molar-refractivity contribution in [2.75, 3.05) is 42.1 Å². The van der Waals surface area contributed by atoms with E-state index in [0.717, 1.165) is 0 Å². The Bertz CT molecular complexity index is 992. The second-order valence-electron chi connectivity index (χ2n) is 7.54. The average molecular weight is 462 g/mol. The lowest BCUT2D eigenvalue weighted by Gasteiger charge is -2.37. The standard InChI is InChI=1S/C23H25F2N3O3S/c1-15(29)17-3-8-21(20(25)13-17)27-9-11-28(12-10-27)23(31)16(2)32-14-22(30)26-19-6-4-18(24)5-7-19/h3-8,13,16H,9-12,14H2,1-2H3,(H,26,30). The predicted octanol–water partition coefficient (Wildman–Crippen LogP) is 3.58. The summed E-state index contributed by atoms with van der Waals surface area (Å²) in [5.74, 6) is -1.27. The molecule has 2 aromatic carbocycles. The van der Waals surface area contributed by atoms with Crippen molar-refractivity contribution >= 4 is 40.7 Å². The maximum Gasteiger partial charge on any atom is 0.235 e. The predicted molar refractivity (Wildman–Crippen MR) is 122 cm³/mol. The summed E-state index contributed by atoms with van der Waals surface area (Å²) in [7, 11) is 0. The van der Waals surface area contributed by atoms with Gasteiger partial charge in [0.15, 0.2) is 5.78 Å². The Kier molecular flexibility index (Phi) is 7.84. The fourth-order valence-corrected chi connectivity index (χ4v) is 4.17. The molecule has 1 aliphatic heterocycles. The molecule has 2 aromatic rings. The molecule has 0 bridgehead atoms. The number of carbonyl (C=O) groups is 3. The number of anilines is 2. The lowest BCUT2D eigenvalue weighted by atomic mass is 10.1. The van der Waals surface area contributed by atoms with Gasteiger partial charge in [0, 0.05) is 37.4 Å². The number of Topliss-reactive ketones (excluding diaryl/α,β-unsaturated/α-hetero) is 1. The van der Waals surface area contributed by atoms with Crippen LogP contribution in [-0.2, 0) is 9.59 Å². The van der Waals surface area contributed by atoms with Crippen molar-refractivity contribution in [2.45, 2.75) is 19.1 Å². The van der Waals surface area contributed by atoms with Crippen LogP contribution in [0.15, 0.2) is 42.5 Å². The molecular formula is C23H25F2N3O3S. The summed E-state index contributed by atoms with van der Waals surface area (Å²) >= 11 is 1.23. The van der Waals surface area contributed by atoms with Crippen LogP contribution in [0.1, 0.15) is 24.2 Å². The summed E-state index contributed by atoms with van der Waals surface area (Å²) in [6, 6.07) is 9.92. The number of thioether (sulfide) groups is 1. The number of nitrogens with zero attached hydrogens (tertiary/aromatic N) is 2. The quantitative estimate of drug-likeness (QED) is 0.639. The van der Waals surface area contributed by atoms with Crippen LogP contribution in [0, 0.1) is 11.6 Å². The van der Waals surface area contributed by atoms with Crippen molar-refractivity contribution in [1.29, 1.82) is 0 Å². The first kappa shape index (κ1) is 23.7. The van der Waals surface area contributed by atoms with Gasteiger partial charge in [-0.25, -0.2) is 8.78 Å². The molecule has 2 amide bonds. The number of hydrogen-bond acceptors (Lipinski definition) is 5. The maximum absolute atomic E-state index is 14.4. The normalized spacial score (nSPS) is 14.8. The number of ketones is 1. The van der Waals surface area contributed by atoms with Crippen molar-refractivity contribution in [3.8, 4) is 0 Å². The molecule has 0 saturated carbocycles. The molecule has 0 aromatic heterocycles. The molecular weight excluding hydrogens is 436 g/mol. The molecule has 6 nitrogen and oxygen atoms in total. The van der Waals surface area contributed by atoms with Gasteiger partial charge in [0.05, 0.1) is 16.7 Å². The maximum atomic E-state index is 14.4. The third-order valence-electron chi connectivity index (χ3n) is 5.23. The van der Waals surface area contributed by atoms with Crippen molar-refractivity contribution < 1.29 is 23.2 Å². The number of rotatable bonds is 7. The number of halogens is 2. The van der Waals surface area contributed by atoms with Gasteiger partial charge in [-0.1, -0.05) is 0 Å². The molecule has 1 atom stereocenters. The van der Waals surface area contributed by atoms with Crippen molar-refractivity contribution in [3.63, 3.8) is 0 Å². The minimum absolute atomic E-state index is 0.0726. The van der Waals surface area contributed by atoms with Crippen LogP contribution in [0.3, 0.4) is 0 Å². The second kappa shape index (κ2) is 10.6. The van der Waals surface area contributed by atoms with Gasteiger partial charge in [-0.2, -0.15) is 0 Å². The summed E-state index contributed by atoms with van der Waals surface area (Å²) in [4.78, 5) is 39.8. The van der Waals surface area contributed by atoms with E-state index in [0.29, 0.717) is 43.1 Å². The Morgan fingerprint density at radius 2 is 1.69 bits per heavy atom. The molecule has 1 unspecified atom stereocenters. The van der Waals surface area contributed by atoms with Gasteiger partial charge in [-0.05, 0) is 56.3 Å². The first-order valence-electron chi connectivity index (χ1n) is 10.3. The van der Waals surface area contributed by atoms with Crippen LogP contribution in [0.2, 0.25) is 0 Å². The number of carbonyl (C=O) groups excluding carboxylic acids is 3. The molecule has 3 rings (SSSR count). The van der Waals surface area contributed by atoms with Gasteiger partial charge in [0.1, 0.15) is 11.6 Å². The zero-order chi connectivity index (χ0) is 23.3. The highest BCUT2D eigenvalue weighted by atomic mass is 32.2. The van der Waals surface area contributed by atoms with Crippen LogP contribution in [-0.4, -0.2) is 59.7 Å². The molecule has 1 N–H and O–H groups in total. The van der Waals surface area contributed by atoms with E-state index in [1.807, 2.05) is 4.90 Å². The topological polar surface area (TPSA) is 69.7 Å². The molecule has 1 saturated heterocycles. The lowest BCUT2D eigenvalue weighted by Crippen LogP contribution is -2.51. The number of nitrogens with one attached hydrogen (secondary N) is 1. The Hall–Kier alpha value is -2.94. The summed E-state index contributed by atoms with van der Waals surface area (Å²) < 4.78 is 27.3. The molecule has 0 radical (unpaired) electrons. The van der Waals surface area contributed by atoms with E-state index >= 15 is 0 Å². The van der Waals surface area contributed by atoms with E-state index in [4.69, 9.17) is 0 Å². The molecule has 1 fully saturated rings. The smallest absolute Gasteiger partial charge is 0.235 e. The molecule has 0 aliphatic carbocycles. The average Bonchev–Trinajstić information content (AvgIpc) is 2.78. The van der Waals surface area contributed by atoms with Crippen LogP contribution in [0.25, 0.3) is 0 Å². The lowest BCUT2D eigenvalue weighted by molar-refractivity contribution is -0.130. The van der Waals surface area contributed by atoms with Crippen molar-refractivity contribution in [2.24, 2.45) is 0 Å². The first-order chi connectivity index (χ1) is 15.2. The van der Waals surface area contributed by atoms with E-state index in [1.165, 1.54) is 49.0 Å². The molecule has 170 valence electrons. The van der Waals surface area contributed by atoms with E-state index in [2.05, 4.69) is 5.32 Å². The monoisotopic (exact) mass is 461 g/mol. The fourth-order valence-electron chi connectivity index (χ4n) is 3.41. The third kappa shape index (κ3) is 6.06. The van der Waals surface area contributed by atoms with E-state index in [-0.39, 0.29) is 29.2 Å². The summed E-state index contributed by atoms with van der Waals surface area (Å²) in [5.41, 5.74) is 1.24. The Labute approximate surface area is 190 Å². The van der Waals surface area contributed by atoms with Gasteiger partial charge < -0.3 is 15.1 Å². The van der Waals surface area contributed by atoms with Gasteiger partial charge in [-0.3, -0.25) is 14.4 Å². The zero-order valence-corrected chi connectivity index (χ0v) is 18.8. The highest BCUT2D eigenvalue weighted by Crippen LogP contribution is 2.23. The number of hydrogen-bond donors (Lipinski definition) is 1. The number of benzene rings is 2. The summed E-state index contributed by atoms with van der Waals surface area (Å²) in [5, 5.41) is 2.26. The highest BCUT2D eigenvalue weighted by Gasteiger charge is 2.26. The molecule has 32 heavy (non-hydrogen) atoms.